The summed E-state index contributed by atoms with van der Waals surface area (Å²) in [5, 5.41) is 0. The van der Waals surface area contributed by atoms with Crippen LogP contribution in [0, 0.1) is 6.07 Å². The van der Waals surface area contributed by atoms with E-state index < -0.39 is 0 Å². The number of rotatable bonds is 4. The van der Waals surface area contributed by atoms with Crippen molar-refractivity contribution in [3.05, 3.63) is 89.0 Å². The molecule has 36 heavy (non-hydrogen) atoms. The van der Waals surface area contributed by atoms with Crippen molar-refractivity contribution in [2.24, 2.45) is 0 Å². The Balaban J connectivity index is 0.000000681. The second-order valence-electron chi connectivity index (χ2n) is 11.4. The Morgan fingerprint density at radius 3 is 1.83 bits per heavy atom. The maximum atomic E-state index is 3.67. The molecule has 0 N–H and O–H groups in total. The molecule has 0 unspecified atom stereocenters. The zero-order chi connectivity index (χ0) is 25.4. The van der Waals surface area contributed by atoms with E-state index in [0.717, 1.165) is 6.42 Å². The molecule has 0 atom stereocenters. The van der Waals surface area contributed by atoms with Crippen molar-refractivity contribution in [2.75, 3.05) is 0 Å². The third kappa shape index (κ3) is 11.1. The van der Waals surface area contributed by atoms with Crippen LogP contribution in [0.25, 0.3) is 11.1 Å². The molecule has 0 bridgehead atoms. The van der Waals surface area contributed by atoms with Gasteiger partial charge in [0.25, 0.3) is 0 Å². The minimum atomic E-state index is 0. The smallest absolute Gasteiger partial charge is 0.172 e. The van der Waals surface area contributed by atoms with Gasteiger partial charge < -0.3 is 24.8 Å². The van der Waals surface area contributed by atoms with Gasteiger partial charge >= 0.3 is 67.5 Å². The van der Waals surface area contributed by atoms with E-state index in [9.17, 15) is 0 Å². The minimum Gasteiger partial charge on any atom is -1.00 e. The molecule has 1 aliphatic rings. The van der Waals surface area contributed by atoms with E-state index in [-0.39, 0.29) is 41.1 Å². The van der Waals surface area contributed by atoms with Gasteiger partial charge in [-0.05, 0) is 28.4 Å². The Kier molecular flexibility index (Phi) is 16.2. The van der Waals surface area contributed by atoms with Crippen molar-refractivity contribution in [3.8, 4) is 11.1 Å². The Hall–Kier alpha value is -0.530. The predicted molar refractivity (Wildman–Crippen MR) is 149 cm³/mol. The van der Waals surface area contributed by atoms with Gasteiger partial charge in [-0.3, -0.25) is 0 Å². The van der Waals surface area contributed by atoms with Crippen LogP contribution in [0.2, 0.25) is 12.1 Å². The van der Waals surface area contributed by atoms with E-state index in [1.54, 1.807) is 12.1 Å². The molecule has 0 radical (unpaired) electrons. The van der Waals surface area contributed by atoms with Gasteiger partial charge in [0.15, 0.2) is 0 Å². The van der Waals surface area contributed by atoms with Gasteiger partial charge in [0.05, 0.1) is 0 Å². The quantitative estimate of drug-likeness (QED) is 0.243. The summed E-state index contributed by atoms with van der Waals surface area (Å²) < 4.78 is 0. The molecule has 0 saturated carbocycles. The van der Waals surface area contributed by atoms with Crippen molar-refractivity contribution < 1.29 is 48.1 Å². The molecule has 0 aromatic heterocycles. The number of fused-ring (bicyclic) bond motifs is 3. The van der Waals surface area contributed by atoms with Crippen LogP contribution < -0.4 is 24.8 Å². The summed E-state index contributed by atoms with van der Waals surface area (Å²) in [6.45, 7) is 18.2. The van der Waals surface area contributed by atoms with Gasteiger partial charge in [-0.1, -0.05) is 65.3 Å². The molecule has 3 aromatic carbocycles. The second-order valence-corrected chi connectivity index (χ2v) is 18.8. The molecular weight excluding hydrogens is 575 g/mol. The molecule has 0 aliphatic heterocycles. The number of halogens is 2. The maximum absolute atomic E-state index is 3.67. The summed E-state index contributed by atoms with van der Waals surface area (Å²) in [6, 6.07) is 28.3. The van der Waals surface area contributed by atoms with Gasteiger partial charge in [-0.25, -0.2) is 12.1 Å². The predicted octanol–water partition coefficient (Wildman–Crippen LogP) is 3.41. The van der Waals surface area contributed by atoms with Crippen molar-refractivity contribution in [3.63, 3.8) is 0 Å². The summed E-state index contributed by atoms with van der Waals surface area (Å²) in [4.78, 5) is 0. The first-order valence-corrected chi connectivity index (χ1v) is 18.5. The van der Waals surface area contributed by atoms with E-state index in [1.807, 2.05) is 53.7 Å². The number of hydrogen-bond acceptors (Lipinski definition) is 0. The molecule has 0 heterocycles. The molecule has 0 fully saturated rings. The van der Waals surface area contributed by atoms with E-state index in [1.165, 1.54) is 46.2 Å². The summed E-state index contributed by atoms with van der Waals surface area (Å²) in [6.07, 6.45) is 3.86. The molecule has 0 saturated heterocycles. The number of benzene rings is 2. The van der Waals surface area contributed by atoms with Crippen LogP contribution >= 0.6 is 0 Å². The fourth-order valence-electron chi connectivity index (χ4n) is 4.08. The first-order valence-electron chi connectivity index (χ1n) is 12.9. The summed E-state index contributed by atoms with van der Waals surface area (Å²) in [7, 11) is 0. The molecule has 0 nitrogen and oxygen atoms in total. The first-order chi connectivity index (χ1) is 16.0. The Morgan fingerprint density at radius 2 is 1.39 bits per heavy atom. The molecule has 4 heteroatoms. The fourth-order valence-corrected chi connectivity index (χ4v) is 9.22. The van der Waals surface area contributed by atoms with Crippen molar-refractivity contribution in [1.82, 2.24) is 0 Å². The second kappa shape index (κ2) is 16.4. The van der Waals surface area contributed by atoms with Crippen LogP contribution in [0.1, 0.15) is 90.5 Å². The number of hydrogen-bond donors (Lipinski definition) is 0. The van der Waals surface area contributed by atoms with E-state index >= 15 is 0 Å². The van der Waals surface area contributed by atoms with Crippen LogP contribution in [-0.4, -0.2) is 5.43 Å². The average Bonchev–Trinajstić information content (AvgIpc) is 3.44. The summed E-state index contributed by atoms with van der Waals surface area (Å²) in [5.41, 5.74) is 8.90. The average molecular weight is 619 g/mol. The van der Waals surface area contributed by atoms with Crippen LogP contribution in [-0.2, 0) is 40.6 Å². The van der Waals surface area contributed by atoms with Crippen LogP contribution in [0.5, 0.6) is 0 Å². The van der Waals surface area contributed by atoms with Crippen molar-refractivity contribution in [1.29, 1.82) is 0 Å². The molecule has 0 amide bonds. The van der Waals surface area contributed by atoms with Crippen molar-refractivity contribution in [2.45, 2.75) is 97.6 Å². The summed E-state index contributed by atoms with van der Waals surface area (Å²) >= 11 is 1.84. The van der Waals surface area contributed by atoms with E-state index in [0.29, 0.717) is 0 Å². The minimum absolute atomic E-state index is 0. The third-order valence-corrected chi connectivity index (χ3v) is 12.0. The molecule has 3 aromatic rings. The van der Waals surface area contributed by atoms with Gasteiger partial charge in [-0.15, -0.1) is 11.1 Å². The van der Waals surface area contributed by atoms with Crippen molar-refractivity contribution >= 4 is 5.43 Å². The van der Waals surface area contributed by atoms with Crippen LogP contribution in [0.15, 0.2) is 60.7 Å². The molecule has 4 rings (SSSR count). The van der Waals surface area contributed by atoms with Gasteiger partial charge in [0.1, 0.15) is 0 Å². The Morgan fingerprint density at radius 1 is 0.833 bits per heavy atom. The zero-order valence-electron chi connectivity index (χ0n) is 23.6. The van der Waals surface area contributed by atoms with Gasteiger partial charge in [0.2, 0.25) is 0 Å². The monoisotopic (exact) mass is 616 g/mol. The van der Waals surface area contributed by atoms with Gasteiger partial charge in [0, 0.05) is 0 Å². The normalized spacial score (nSPS) is 11.4. The Labute approximate surface area is 249 Å². The van der Waals surface area contributed by atoms with Crippen LogP contribution in [0.4, 0.5) is 0 Å². The standard InChI is InChI=1S/C21H25.C6H14Si.C5H5.2ClH.Zr/c1-20(2,3)16-7-9-18-14(12-16)11-15-13-17(21(4,5)6)8-10-19(15)18;1-3-5-7-6-4-2;1-2-4-5-3-1;;;/h7-10,12H,11H2,1-6H3;3-6H2,1-2H3;1-5H;2*1H;/q-1;;-1;;;+2/p-2. The SMILES string of the molecule is CC(C)(C)c1[c-]c2c(cc1)-c1ccc(C(C)(C)C)cc1C2.CCC[Si](=[Zr+2])CCC.[Cl-].[Cl-].c1cc[cH-]c1. The zero-order valence-corrected chi connectivity index (χ0v) is 28.5. The molecule has 0 spiro atoms. The third-order valence-electron chi connectivity index (χ3n) is 6.12. The van der Waals surface area contributed by atoms with Crippen LogP contribution in [0.3, 0.4) is 0 Å². The van der Waals surface area contributed by atoms with E-state index in [2.05, 4.69) is 91.8 Å². The molecule has 1 aliphatic carbocycles. The topological polar surface area (TPSA) is 0 Å². The molecular formula is C32H44Cl2SiZr-2. The Bertz CT molecular complexity index is 954. The first kappa shape index (κ1) is 35.5. The summed E-state index contributed by atoms with van der Waals surface area (Å²) in [5.74, 6) is 0. The molecule has 196 valence electrons. The maximum Gasteiger partial charge on any atom is -0.172 e. The fraction of sp³-hybridized carbons (Fsp3) is 0.469. The van der Waals surface area contributed by atoms with Gasteiger partial charge in [-0.2, -0.15) is 42.0 Å². The van der Waals surface area contributed by atoms with E-state index in [4.69, 9.17) is 0 Å². The largest absolute Gasteiger partial charge is 1.00 e.